The van der Waals surface area contributed by atoms with Gasteiger partial charge in [0, 0.05) is 17.5 Å². The molecular weight excluding hydrogens is 232 g/mol. The normalized spacial score (nSPS) is 22.9. The zero-order valence-corrected chi connectivity index (χ0v) is 8.91. The van der Waals surface area contributed by atoms with E-state index in [0.29, 0.717) is 0 Å². The van der Waals surface area contributed by atoms with Gasteiger partial charge in [-0.15, -0.1) is 0 Å². The first-order valence-electron chi connectivity index (χ1n) is 4.66. The summed E-state index contributed by atoms with van der Waals surface area (Å²) in [5, 5.41) is 28.4. The smallest absolute Gasteiger partial charge is 0.351 e. The van der Waals surface area contributed by atoms with Gasteiger partial charge >= 0.3 is 11.9 Å². The minimum atomic E-state index is -1.89. The van der Waals surface area contributed by atoms with Crippen molar-refractivity contribution in [3.05, 3.63) is 21.9 Å². The Hall–Kier alpha value is -2.25. The monoisotopic (exact) mass is 242 g/mol. The number of carboxylic acids is 2. The summed E-state index contributed by atoms with van der Waals surface area (Å²) >= 11 is 0. The highest BCUT2D eigenvalue weighted by atomic mass is 16.6. The lowest BCUT2D eigenvalue weighted by atomic mass is 9.75. The van der Waals surface area contributed by atoms with Crippen LogP contribution in [0.2, 0.25) is 0 Å². The van der Waals surface area contributed by atoms with Crippen LogP contribution in [0.1, 0.15) is 13.3 Å². The number of hydrogen-bond acceptors (Lipinski definition) is 5. The molecule has 2 N–H and O–H groups in total. The number of carboxylic acid groups (broad SMARTS) is 2. The lowest BCUT2D eigenvalue weighted by Gasteiger charge is -2.24. The molecule has 1 atom stereocenters. The number of carbonyl (C=O) groups is 2. The van der Waals surface area contributed by atoms with Gasteiger partial charge in [0.2, 0.25) is 6.54 Å². The molecule has 1 unspecified atom stereocenters. The topological polar surface area (TPSA) is 130 Å². The van der Waals surface area contributed by atoms with Gasteiger partial charge in [0.1, 0.15) is 11.1 Å². The molecule has 0 aliphatic carbocycles. The maximum absolute atomic E-state index is 11.3. The lowest BCUT2D eigenvalue weighted by Crippen LogP contribution is -2.43. The standard InChI is InChI=1S/C9H10N2O6/c1-5-4-10-6(7(12)13)9(5,8(14)15)2-3-11(16)17/h4H,2-3H2,1H3,(H,12,13)(H,14,15). The van der Waals surface area contributed by atoms with E-state index in [1.165, 1.54) is 6.92 Å². The average molecular weight is 242 g/mol. The van der Waals surface area contributed by atoms with E-state index in [4.69, 9.17) is 10.2 Å². The van der Waals surface area contributed by atoms with Crippen LogP contribution in [-0.4, -0.2) is 39.3 Å². The molecule has 92 valence electrons. The van der Waals surface area contributed by atoms with Crippen molar-refractivity contribution in [3.63, 3.8) is 0 Å². The van der Waals surface area contributed by atoms with Crippen LogP contribution < -0.4 is 0 Å². The summed E-state index contributed by atoms with van der Waals surface area (Å²) in [6.45, 7) is 0.761. The zero-order valence-electron chi connectivity index (χ0n) is 8.91. The van der Waals surface area contributed by atoms with Crippen LogP contribution in [0.5, 0.6) is 0 Å². The van der Waals surface area contributed by atoms with Crippen molar-refractivity contribution in [2.24, 2.45) is 10.4 Å². The van der Waals surface area contributed by atoms with Gasteiger partial charge in [0.25, 0.3) is 0 Å². The summed E-state index contributed by atoms with van der Waals surface area (Å²) in [5.74, 6) is -2.92. The number of nitrogens with zero attached hydrogens (tertiary/aromatic N) is 2. The fraction of sp³-hybridized carbons (Fsp3) is 0.444. The Morgan fingerprint density at radius 2 is 2.12 bits per heavy atom. The fourth-order valence-corrected chi connectivity index (χ4v) is 1.76. The lowest BCUT2D eigenvalue weighted by molar-refractivity contribution is -0.481. The summed E-state index contributed by atoms with van der Waals surface area (Å²) in [6.07, 6.45) is 0.695. The van der Waals surface area contributed by atoms with Crippen LogP contribution in [0.25, 0.3) is 0 Å². The van der Waals surface area contributed by atoms with E-state index < -0.39 is 41.0 Å². The molecule has 8 nitrogen and oxygen atoms in total. The van der Waals surface area contributed by atoms with E-state index in [2.05, 4.69) is 4.99 Å². The predicted octanol–water partition coefficient (Wildman–Crippen LogP) is 0.167. The molecule has 1 aliphatic rings. The zero-order chi connectivity index (χ0) is 13.2. The molecule has 8 heteroatoms. The molecule has 1 aliphatic heterocycles. The second kappa shape index (κ2) is 4.32. The number of nitro groups is 1. The summed E-state index contributed by atoms with van der Waals surface area (Å²) in [6, 6.07) is 0. The molecule has 17 heavy (non-hydrogen) atoms. The van der Waals surface area contributed by atoms with Crippen LogP contribution in [0, 0.1) is 15.5 Å². The largest absolute Gasteiger partial charge is 0.480 e. The Morgan fingerprint density at radius 3 is 2.53 bits per heavy atom. The van der Waals surface area contributed by atoms with Gasteiger partial charge in [0.15, 0.2) is 0 Å². The number of rotatable bonds is 5. The quantitative estimate of drug-likeness (QED) is 0.521. The Balaban J connectivity index is 3.17. The summed E-state index contributed by atoms with van der Waals surface area (Å²) in [4.78, 5) is 35.3. The Morgan fingerprint density at radius 1 is 1.53 bits per heavy atom. The number of aliphatic carboxylic acids is 2. The Kier molecular flexibility index (Phi) is 3.26. The number of aliphatic imine (C=N–C) groups is 1. The molecule has 0 radical (unpaired) electrons. The first-order chi connectivity index (χ1) is 7.82. The summed E-state index contributed by atoms with van der Waals surface area (Å²) < 4.78 is 0. The third-order valence-corrected chi connectivity index (χ3v) is 2.70. The first-order valence-corrected chi connectivity index (χ1v) is 4.66. The van der Waals surface area contributed by atoms with Gasteiger partial charge in [-0.25, -0.2) is 4.79 Å². The van der Waals surface area contributed by atoms with E-state index in [1.54, 1.807) is 0 Å². The summed E-state index contributed by atoms with van der Waals surface area (Å²) in [7, 11) is 0. The van der Waals surface area contributed by atoms with Crippen molar-refractivity contribution in [2.45, 2.75) is 13.3 Å². The number of hydrogen-bond donors (Lipinski definition) is 2. The van der Waals surface area contributed by atoms with Crippen LogP contribution in [0.3, 0.4) is 0 Å². The van der Waals surface area contributed by atoms with Crippen molar-refractivity contribution in [1.29, 1.82) is 0 Å². The maximum atomic E-state index is 11.3. The molecular formula is C9H10N2O6. The van der Waals surface area contributed by atoms with E-state index in [0.717, 1.165) is 6.20 Å². The van der Waals surface area contributed by atoms with Gasteiger partial charge in [-0.2, -0.15) is 0 Å². The molecule has 1 heterocycles. The van der Waals surface area contributed by atoms with Crippen LogP contribution in [0.4, 0.5) is 0 Å². The third-order valence-electron chi connectivity index (χ3n) is 2.70. The summed E-state index contributed by atoms with van der Waals surface area (Å²) in [5.41, 5.74) is -2.28. The van der Waals surface area contributed by atoms with E-state index in [-0.39, 0.29) is 5.57 Å². The van der Waals surface area contributed by atoms with Crippen LogP contribution in [0.15, 0.2) is 16.8 Å². The minimum absolute atomic E-state index is 0.184. The highest BCUT2D eigenvalue weighted by Gasteiger charge is 2.51. The maximum Gasteiger partial charge on any atom is 0.351 e. The molecule has 0 spiro atoms. The van der Waals surface area contributed by atoms with Gasteiger partial charge < -0.3 is 10.2 Å². The van der Waals surface area contributed by atoms with Crippen molar-refractivity contribution >= 4 is 17.7 Å². The Bertz CT molecular complexity index is 452. The molecule has 1 rings (SSSR count). The van der Waals surface area contributed by atoms with Gasteiger partial charge in [-0.3, -0.25) is 19.9 Å². The van der Waals surface area contributed by atoms with Crippen molar-refractivity contribution in [1.82, 2.24) is 0 Å². The van der Waals surface area contributed by atoms with Crippen LogP contribution in [-0.2, 0) is 9.59 Å². The Labute approximate surface area is 95.4 Å². The van der Waals surface area contributed by atoms with Crippen LogP contribution >= 0.6 is 0 Å². The van der Waals surface area contributed by atoms with Gasteiger partial charge in [-0.05, 0) is 12.5 Å². The van der Waals surface area contributed by atoms with Crippen molar-refractivity contribution in [3.8, 4) is 0 Å². The first kappa shape index (κ1) is 12.8. The minimum Gasteiger partial charge on any atom is -0.480 e. The van der Waals surface area contributed by atoms with E-state index >= 15 is 0 Å². The molecule has 0 bridgehead atoms. The highest BCUT2D eigenvalue weighted by molar-refractivity contribution is 6.43. The second-order valence-corrected chi connectivity index (χ2v) is 3.61. The predicted molar refractivity (Wildman–Crippen MR) is 55.4 cm³/mol. The van der Waals surface area contributed by atoms with Gasteiger partial charge in [0.05, 0.1) is 0 Å². The molecule has 0 saturated heterocycles. The molecule has 0 aromatic carbocycles. The van der Waals surface area contributed by atoms with E-state index in [1.807, 2.05) is 0 Å². The second-order valence-electron chi connectivity index (χ2n) is 3.61. The molecule has 0 aromatic heterocycles. The average Bonchev–Trinajstić information content (AvgIpc) is 2.53. The highest BCUT2D eigenvalue weighted by Crippen LogP contribution is 2.38. The molecule has 0 amide bonds. The fourth-order valence-electron chi connectivity index (χ4n) is 1.76. The van der Waals surface area contributed by atoms with Crippen molar-refractivity contribution in [2.75, 3.05) is 6.54 Å². The van der Waals surface area contributed by atoms with Gasteiger partial charge in [-0.1, -0.05) is 0 Å². The SMILES string of the molecule is CC1=CN=C(C(=O)O)C1(CC[N+](=O)[O-])C(=O)O. The molecule has 0 fully saturated rings. The van der Waals surface area contributed by atoms with Crippen molar-refractivity contribution < 1.29 is 24.7 Å². The molecule has 0 saturated carbocycles. The molecule has 0 aromatic rings. The van der Waals surface area contributed by atoms with E-state index in [9.17, 15) is 19.7 Å². The third kappa shape index (κ3) is 2.01.